The molecule has 0 aromatic heterocycles. The van der Waals surface area contributed by atoms with Crippen LogP contribution in [0.25, 0.3) is 0 Å². The van der Waals surface area contributed by atoms with Gasteiger partial charge < -0.3 is 11.1 Å². The number of hydrogen-bond acceptors (Lipinski definition) is 4. The van der Waals surface area contributed by atoms with E-state index in [1.54, 1.807) is 12.1 Å². The summed E-state index contributed by atoms with van der Waals surface area (Å²) >= 11 is 0. The van der Waals surface area contributed by atoms with Crippen LogP contribution in [0.5, 0.6) is 0 Å². The normalized spacial score (nSPS) is 10.2. The summed E-state index contributed by atoms with van der Waals surface area (Å²) in [7, 11) is 0. The molecule has 0 fully saturated rings. The molecule has 0 spiro atoms. The first-order valence-electron chi connectivity index (χ1n) is 5.89. The maximum absolute atomic E-state index is 10.7. The minimum atomic E-state index is -0.385. The number of nitro benzene ring substituents is 1. The van der Waals surface area contributed by atoms with Crippen LogP contribution < -0.4 is 11.1 Å². The van der Waals surface area contributed by atoms with E-state index in [-0.39, 0.29) is 10.6 Å². The number of rotatable bonds is 4. The Labute approximate surface area is 111 Å². The number of benzene rings is 2. The molecule has 0 amide bonds. The third-order valence-corrected chi connectivity index (χ3v) is 2.93. The average molecular weight is 257 g/mol. The average Bonchev–Trinajstić information content (AvgIpc) is 2.39. The van der Waals surface area contributed by atoms with Gasteiger partial charge in [0.25, 0.3) is 5.69 Å². The van der Waals surface area contributed by atoms with Crippen molar-refractivity contribution < 1.29 is 4.92 Å². The number of aryl methyl sites for hydroxylation is 1. The molecule has 3 N–H and O–H groups in total. The summed E-state index contributed by atoms with van der Waals surface area (Å²) in [4.78, 5) is 10.3. The molecule has 0 bridgehead atoms. The van der Waals surface area contributed by atoms with Gasteiger partial charge in [0, 0.05) is 30.1 Å². The van der Waals surface area contributed by atoms with E-state index in [9.17, 15) is 10.1 Å². The van der Waals surface area contributed by atoms with Crippen molar-refractivity contribution in [2.75, 3.05) is 11.1 Å². The molecule has 2 aromatic carbocycles. The highest BCUT2D eigenvalue weighted by atomic mass is 16.6. The molecule has 0 radical (unpaired) electrons. The molecule has 0 atom stereocenters. The van der Waals surface area contributed by atoms with E-state index in [1.807, 2.05) is 31.2 Å². The first kappa shape index (κ1) is 12.9. The first-order valence-corrected chi connectivity index (χ1v) is 5.89. The molecule has 5 heteroatoms. The van der Waals surface area contributed by atoms with Crippen LogP contribution in [0.1, 0.15) is 11.1 Å². The Morgan fingerprint density at radius 2 is 1.89 bits per heavy atom. The Kier molecular flexibility index (Phi) is 3.66. The van der Waals surface area contributed by atoms with Crippen molar-refractivity contribution in [2.45, 2.75) is 13.5 Å². The van der Waals surface area contributed by atoms with Crippen LogP contribution in [0.4, 0.5) is 17.1 Å². The molecule has 5 nitrogen and oxygen atoms in total. The van der Waals surface area contributed by atoms with Crippen LogP contribution >= 0.6 is 0 Å². The predicted molar refractivity (Wildman–Crippen MR) is 76.0 cm³/mol. The third-order valence-electron chi connectivity index (χ3n) is 2.93. The van der Waals surface area contributed by atoms with E-state index in [4.69, 9.17) is 5.73 Å². The van der Waals surface area contributed by atoms with Crippen LogP contribution in [0.15, 0.2) is 42.5 Å². The zero-order valence-electron chi connectivity index (χ0n) is 10.6. The fourth-order valence-electron chi connectivity index (χ4n) is 1.79. The van der Waals surface area contributed by atoms with Crippen molar-refractivity contribution in [1.29, 1.82) is 0 Å². The number of nitrogens with one attached hydrogen (secondary N) is 1. The number of hydrogen-bond donors (Lipinski definition) is 2. The second kappa shape index (κ2) is 5.39. The molecule has 98 valence electrons. The number of non-ortho nitro benzene ring substituents is 1. The highest BCUT2D eigenvalue weighted by Crippen LogP contribution is 2.18. The van der Waals surface area contributed by atoms with Gasteiger partial charge in [-0.3, -0.25) is 10.1 Å². The van der Waals surface area contributed by atoms with E-state index >= 15 is 0 Å². The Morgan fingerprint density at radius 1 is 1.21 bits per heavy atom. The Hall–Kier alpha value is -2.56. The van der Waals surface area contributed by atoms with E-state index in [0.29, 0.717) is 6.54 Å². The Bertz CT molecular complexity index is 594. The monoisotopic (exact) mass is 257 g/mol. The molecule has 0 saturated heterocycles. The predicted octanol–water partition coefficient (Wildman–Crippen LogP) is 3.10. The zero-order chi connectivity index (χ0) is 13.8. The minimum Gasteiger partial charge on any atom is -0.399 e. The smallest absolute Gasteiger partial charge is 0.269 e. The van der Waals surface area contributed by atoms with Crippen LogP contribution in [0.3, 0.4) is 0 Å². The topological polar surface area (TPSA) is 81.2 Å². The summed E-state index contributed by atoms with van der Waals surface area (Å²) in [6.07, 6.45) is 0. The van der Waals surface area contributed by atoms with Gasteiger partial charge in [-0.15, -0.1) is 0 Å². The maximum atomic E-state index is 10.7. The zero-order valence-corrected chi connectivity index (χ0v) is 10.6. The summed E-state index contributed by atoms with van der Waals surface area (Å²) in [5, 5.41) is 13.9. The number of nitrogen functional groups attached to an aromatic ring is 1. The molecule has 19 heavy (non-hydrogen) atoms. The molecule has 2 rings (SSSR count). The van der Waals surface area contributed by atoms with Crippen molar-refractivity contribution in [3.63, 3.8) is 0 Å². The molecule has 0 saturated carbocycles. The van der Waals surface area contributed by atoms with Crippen molar-refractivity contribution in [2.24, 2.45) is 0 Å². The fraction of sp³-hybridized carbons (Fsp3) is 0.143. The quantitative estimate of drug-likeness (QED) is 0.501. The van der Waals surface area contributed by atoms with Crippen molar-refractivity contribution in [1.82, 2.24) is 0 Å². The van der Waals surface area contributed by atoms with Crippen LogP contribution in [-0.2, 0) is 6.54 Å². The number of anilines is 2. The van der Waals surface area contributed by atoms with Crippen molar-refractivity contribution in [3.8, 4) is 0 Å². The summed E-state index contributed by atoms with van der Waals surface area (Å²) < 4.78 is 0. The lowest BCUT2D eigenvalue weighted by molar-refractivity contribution is -0.384. The molecule has 0 unspecified atom stereocenters. The SMILES string of the molecule is Cc1cc([N+](=O)[O-])ccc1CNc1ccc(N)cc1. The standard InChI is InChI=1S/C14H15N3O2/c1-10-8-14(17(18)19)7-2-11(10)9-16-13-5-3-12(15)4-6-13/h2-8,16H,9,15H2,1H3. The molecule has 0 aliphatic carbocycles. The van der Waals surface area contributed by atoms with Gasteiger partial charge >= 0.3 is 0 Å². The molecular formula is C14H15N3O2. The summed E-state index contributed by atoms with van der Waals surface area (Å²) in [5.41, 5.74) is 9.35. The first-order chi connectivity index (χ1) is 9.06. The molecule has 0 heterocycles. The van der Waals surface area contributed by atoms with Gasteiger partial charge in [0.1, 0.15) is 0 Å². The van der Waals surface area contributed by atoms with Gasteiger partial charge in [0.2, 0.25) is 0 Å². The Morgan fingerprint density at radius 3 is 2.47 bits per heavy atom. The lowest BCUT2D eigenvalue weighted by Crippen LogP contribution is -2.02. The van der Waals surface area contributed by atoms with Crippen LogP contribution in [-0.4, -0.2) is 4.92 Å². The van der Waals surface area contributed by atoms with Gasteiger partial charge in [-0.2, -0.15) is 0 Å². The summed E-state index contributed by atoms with van der Waals surface area (Å²) in [5.74, 6) is 0. The van der Waals surface area contributed by atoms with Gasteiger partial charge in [0.05, 0.1) is 4.92 Å². The van der Waals surface area contributed by atoms with E-state index in [2.05, 4.69) is 5.32 Å². The van der Waals surface area contributed by atoms with Gasteiger partial charge in [-0.1, -0.05) is 6.07 Å². The van der Waals surface area contributed by atoms with Gasteiger partial charge in [0.15, 0.2) is 0 Å². The summed E-state index contributed by atoms with van der Waals surface area (Å²) in [6, 6.07) is 12.3. The number of nitro groups is 1. The van der Waals surface area contributed by atoms with E-state index < -0.39 is 0 Å². The fourth-order valence-corrected chi connectivity index (χ4v) is 1.79. The lowest BCUT2D eigenvalue weighted by atomic mass is 10.1. The van der Waals surface area contributed by atoms with Crippen molar-refractivity contribution in [3.05, 3.63) is 63.7 Å². The number of nitrogens with two attached hydrogens (primary N) is 1. The second-order valence-electron chi connectivity index (χ2n) is 4.34. The number of nitrogens with zero attached hydrogens (tertiary/aromatic N) is 1. The van der Waals surface area contributed by atoms with Crippen LogP contribution in [0, 0.1) is 17.0 Å². The highest BCUT2D eigenvalue weighted by Gasteiger charge is 2.07. The highest BCUT2D eigenvalue weighted by molar-refractivity contribution is 5.52. The third kappa shape index (κ3) is 3.22. The maximum Gasteiger partial charge on any atom is 0.269 e. The lowest BCUT2D eigenvalue weighted by Gasteiger charge is -2.09. The van der Waals surface area contributed by atoms with E-state index in [0.717, 1.165) is 22.5 Å². The van der Waals surface area contributed by atoms with Gasteiger partial charge in [-0.05, 0) is 42.3 Å². The van der Waals surface area contributed by atoms with E-state index in [1.165, 1.54) is 6.07 Å². The largest absolute Gasteiger partial charge is 0.399 e. The van der Waals surface area contributed by atoms with Gasteiger partial charge in [-0.25, -0.2) is 0 Å². The minimum absolute atomic E-state index is 0.119. The van der Waals surface area contributed by atoms with Crippen LogP contribution in [0.2, 0.25) is 0 Å². The molecule has 0 aliphatic rings. The molecule has 0 aliphatic heterocycles. The van der Waals surface area contributed by atoms with Crippen molar-refractivity contribution >= 4 is 17.1 Å². The Balaban J connectivity index is 2.07. The second-order valence-corrected chi connectivity index (χ2v) is 4.34. The molecule has 2 aromatic rings. The summed E-state index contributed by atoms with van der Waals surface area (Å²) in [6.45, 7) is 2.49. The molecular weight excluding hydrogens is 242 g/mol.